The molecule has 2 saturated heterocycles. The number of rotatable bonds is 6. The third-order valence-electron chi connectivity index (χ3n) is 7.69. The van der Waals surface area contributed by atoms with Crippen molar-refractivity contribution in [2.75, 3.05) is 0 Å². The van der Waals surface area contributed by atoms with E-state index in [2.05, 4.69) is 57.3 Å². The van der Waals surface area contributed by atoms with Crippen molar-refractivity contribution in [1.82, 2.24) is 0 Å². The van der Waals surface area contributed by atoms with Gasteiger partial charge in [0, 0.05) is 0 Å². The van der Waals surface area contributed by atoms with Gasteiger partial charge in [-0.2, -0.15) is 0 Å². The van der Waals surface area contributed by atoms with E-state index in [4.69, 9.17) is 0 Å². The average molecular weight is 340 g/mol. The molecule has 24 heavy (non-hydrogen) atoms. The summed E-state index contributed by atoms with van der Waals surface area (Å²) in [5, 5.41) is 1.64. The van der Waals surface area contributed by atoms with Gasteiger partial charge in [-0.3, -0.25) is 0 Å². The second-order valence-corrected chi connectivity index (χ2v) is 14.6. The lowest BCUT2D eigenvalue weighted by Gasteiger charge is -2.42. The first-order chi connectivity index (χ1) is 11.5. The lowest BCUT2D eigenvalue weighted by Crippen LogP contribution is -2.45. The Bertz CT molecular complexity index is 490. The van der Waals surface area contributed by atoms with E-state index in [0.717, 1.165) is 29.8 Å². The summed E-state index contributed by atoms with van der Waals surface area (Å²) in [5.41, 5.74) is 0.873. The Morgan fingerprint density at radius 2 is 1.50 bits per heavy atom. The Morgan fingerprint density at radius 3 is 2.04 bits per heavy atom. The summed E-state index contributed by atoms with van der Waals surface area (Å²) < 4.78 is 0. The van der Waals surface area contributed by atoms with Gasteiger partial charge in [0.2, 0.25) is 0 Å². The first kappa shape index (κ1) is 18.3. The monoisotopic (exact) mass is 340 g/mol. The molecule has 0 aliphatic carbocycles. The van der Waals surface area contributed by atoms with Gasteiger partial charge in [0.05, 0.1) is 8.07 Å². The van der Waals surface area contributed by atoms with Gasteiger partial charge in [0.25, 0.3) is 0 Å². The molecule has 2 fully saturated rings. The Hall–Kier alpha value is -0.498. The number of hydrogen-bond donors (Lipinski definition) is 0. The molecule has 0 amide bonds. The number of benzene rings is 1. The minimum Gasteiger partial charge on any atom is -0.0711 e. The van der Waals surface area contributed by atoms with Gasteiger partial charge in [-0.25, -0.2) is 0 Å². The fraction of sp³-hybridized carbons (Fsp3) is 0.727. The molecule has 1 aromatic rings. The summed E-state index contributed by atoms with van der Waals surface area (Å²) in [6.45, 7) is 11.3. The van der Waals surface area contributed by atoms with Crippen LogP contribution < -0.4 is 5.19 Å². The van der Waals surface area contributed by atoms with Gasteiger partial charge in [-0.15, -0.1) is 0 Å². The van der Waals surface area contributed by atoms with E-state index in [1.807, 2.05) is 0 Å². The molecular weight excluding hydrogens is 303 g/mol. The first-order valence-corrected chi connectivity index (χ1v) is 13.6. The Kier molecular flexibility index (Phi) is 5.95. The van der Waals surface area contributed by atoms with E-state index in [1.165, 1.54) is 51.3 Å². The first-order valence-electron chi connectivity index (χ1n) is 10.5. The molecule has 2 heteroatoms. The summed E-state index contributed by atoms with van der Waals surface area (Å²) in [4.78, 5) is 0. The molecule has 0 saturated carbocycles. The lowest BCUT2D eigenvalue weighted by molar-refractivity contribution is 0.431. The van der Waals surface area contributed by atoms with Gasteiger partial charge >= 0.3 is 0 Å². The average Bonchev–Trinajstić information content (AvgIpc) is 2.55. The molecule has 1 aromatic carbocycles. The number of fused-ring (bicyclic) bond motifs is 2. The fourth-order valence-electron chi connectivity index (χ4n) is 5.81. The zero-order valence-corrected chi connectivity index (χ0v) is 17.4. The van der Waals surface area contributed by atoms with E-state index >= 15 is 0 Å². The van der Waals surface area contributed by atoms with Gasteiger partial charge < -0.3 is 0 Å². The zero-order chi connectivity index (χ0) is 17.2. The molecule has 0 spiro atoms. The third kappa shape index (κ3) is 4.01. The van der Waals surface area contributed by atoms with Crippen LogP contribution in [0.3, 0.4) is 0 Å². The minimum absolute atomic E-state index is 0.873. The van der Waals surface area contributed by atoms with Crippen molar-refractivity contribution >= 4 is 20.0 Å². The molecule has 0 nitrogen and oxygen atoms in total. The van der Waals surface area contributed by atoms with Gasteiger partial charge in [-0.05, 0) is 5.54 Å². The van der Waals surface area contributed by atoms with Crippen LogP contribution in [0.1, 0.15) is 58.8 Å². The maximum atomic E-state index is 2.58. The summed E-state index contributed by atoms with van der Waals surface area (Å²) in [5.74, 6) is 3.06. The molecule has 0 radical (unpaired) electrons. The van der Waals surface area contributed by atoms with Crippen molar-refractivity contribution in [2.45, 2.75) is 95.4 Å². The van der Waals surface area contributed by atoms with Crippen molar-refractivity contribution < 1.29 is 0 Å². The van der Waals surface area contributed by atoms with Crippen LogP contribution >= 0.6 is 0 Å². The van der Waals surface area contributed by atoms with Crippen molar-refractivity contribution in [1.29, 1.82) is 0 Å². The maximum Gasteiger partial charge on any atom is 0.146 e. The van der Waals surface area contributed by atoms with Crippen LogP contribution in [0.25, 0.3) is 0 Å². The zero-order valence-electron chi connectivity index (χ0n) is 16.4. The lowest BCUT2D eigenvalue weighted by atomic mass is 9.25. The van der Waals surface area contributed by atoms with E-state index in [9.17, 15) is 0 Å². The Morgan fingerprint density at radius 1 is 0.958 bits per heavy atom. The van der Waals surface area contributed by atoms with Crippen molar-refractivity contribution in [3.05, 3.63) is 30.3 Å². The van der Waals surface area contributed by atoms with Crippen LogP contribution in [0.4, 0.5) is 0 Å². The van der Waals surface area contributed by atoms with Crippen LogP contribution in [-0.2, 0) is 0 Å². The van der Waals surface area contributed by atoms with Crippen molar-refractivity contribution in [3.63, 3.8) is 0 Å². The van der Waals surface area contributed by atoms with Gasteiger partial charge in [0.15, 0.2) is 0 Å². The molecule has 2 bridgehead atoms. The largest absolute Gasteiger partial charge is 0.146 e. The van der Waals surface area contributed by atoms with E-state index in [0.29, 0.717) is 0 Å². The van der Waals surface area contributed by atoms with Gasteiger partial charge in [0.1, 0.15) is 6.71 Å². The summed E-state index contributed by atoms with van der Waals surface area (Å²) in [7, 11) is -1.34. The SMILES string of the molecule is C[C@@H](CB1C2CCCC1CCC2)C[C@H](C)[Si](C)(C)c1ccccc1. The third-order valence-corrected chi connectivity index (χ3v) is 12.2. The smallest absolute Gasteiger partial charge is 0.0711 e. The van der Waals surface area contributed by atoms with E-state index in [-0.39, 0.29) is 0 Å². The van der Waals surface area contributed by atoms with Crippen molar-refractivity contribution in [3.8, 4) is 0 Å². The summed E-state index contributed by atoms with van der Waals surface area (Å²) in [6.07, 6.45) is 12.1. The molecule has 0 unspecified atom stereocenters. The van der Waals surface area contributed by atoms with Gasteiger partial charge in [-0.1, -0.05) is 131 Å². The molecule has 2 aliphatic heterocycles. The quantitative estimate of drug-likeness (QED) is 0.510. The Balaban J connectivity index is 1.59. The molecule has 132 valence electrons. The number of hydrogen-bond acceptors (Lipinski definition) is 0. The molecule has 0 aromatic heterocycles. The topological polar surface area (TPSA) is 0 Å². The highest BCUT2D eigenvalue weighted by molar-refractivity contribution is 6.90. The minimum atomic E-state index is -1.34. The van der Waals surface area contributed by atoms with Crippen LogP contribution in [-0.4, -0.2) is 14.8 Å². The predicted molar refractivity (Wildman–Crippen MR) is 113 cm³/mol. The standard InChI is InChI=1S/C22H37BSi/c1-18(17-23-20-10-8-11-21(23)13-9-12-20)16-19(2)24(3,4)22-14-6-5-7-15-22/h5-7,14-15,18-21H,8-13,16-17H2,1-4H3/t18-,19+,20?,21?/m1/s1. The fourth-order valence-corrected chi connectivity index (χ4v) is 8.42. The van der Waals surface area contributed by atoms with Crippen LogP contribution in [0.15, 0.2) is 30.3 Å². The normalized spacial score (nSPS) is 26.9. The summed E-state index contributed by atoms with van der Waals surface area (Å²) in [6, 6.07) is 11.4. The maximum absolute atomic E-state index is 2.58. The van der Waals surface area contributed by atoms with Crippen LogP contribution in [0.2, 0.25) is 36.6 Å². The highest BCUT2D eigenvalue weighted by Crippen LogP contribution is 2.49. The second kappa shape index (κ2) is 7.81. The van der Waals surface area contributed by atoms with Crippen molar-refractivity contribution in [2.24, 2.45) is 5.92 Å². The molecular formula is C22H37BSi. The second-order valence-electron chi connectivity index (χ2n) is 9.61. The summed E-state index contributed by atoms with van der Waals surface area (Å²) >= 11 is 0. The molecule has 0 N–H and O–H groups in total. The Labute approximate surface area is 151 Å². The van der Waals surface area contributed by atoms with E-state index < -0.39 is 8.07 Å². The van der Waals surface area contributed by atoms with Crippen LogP contribution in [0.5, 0.6) is 0 Å². The highest BCUT2D eigenvalue weighted by atomic mass is 28.3. The van der Waals surface area contributed by atoms with Crippen LogP contribution in [0, 0.1) is 5.92 Å². The predicted octanol–water partition coefficient (Wildman–Crippen LogP) is 6.62. The molecule has 2 aliphatic rings. The molecule has 3 rings (SSSR count). The van der Waals surface area contributed by atoms with E-state index in [1.54, 1.807) is 5.19 Å². The highest BCUT2D eigenvalue weighted by Gasteiger charge is 2.40. The molecule has 2 heterocycles. The molecule has 2 atom stereocenters.